The maximum absolute atomic E-state index is 12.6. The number of rotatable bonds is 9. The number of carbonyl (C=O) groups is 2. The molecule has 2 atom stereocenters. The van der Waals surface area contributed by atoms with Gasteiger partial charge in [0.15, 0.2) is 0 Å². The highest BCUT2D eigenvalue weighted by Gasteiger charge is 2.24. The third kappa shape index (κ3) is 6.09. The lowest BCUT2D eigenvalue weighted by molar-refractivity contribution is -0.134. The Morgan fingerprint density at radius 2 is 1.93 bits per heavy atom. The van der Waals surface area contributed by atoms with E-state index in [1.165, 1.54) is 0 Å². The molecule has 0 spiro atoms. The fourth-order valence-corrected chi connectivity index (χ4v) is 4.15. The predicted octanol–water partition coefficient (Wildman–Crippen LogP) is 2.66. The summed E-state index contributed by atoms with van der Waals surface area (Å²) in [6, 6.07) is 10.5. The van der Waals surface area contributed by atoms with Gasteiger partial charge in [-0.25, -0.2) is 0 Å². The molecule has 2 aromatic rings. The molecule has 3 rings (SSSR count). The molecule has 0 bridgehead atoms. The van der Waals surface area contributed by atoms with Crippen molar-refractivity contribution in [3.63, 3.8) is 0 Å². The second kappa shape index (κ2) is 10.6. The van der Waals surface area contributed by atoms with Crippen LogP contribution in [0.2, 0.25) is 0 Å². The van der Waals surface area contributed by atoms with Crippen molar-refractivity contribution in [2.24, 2.45) is 0 Å². The molecule has 1 aliphatic heterocycles. The third-order valence-electron chi connectivity index (χ3n) is 6.07. The average molecular weight is 411 g/mol. The number of hydrogen-bond donors (Lipinski definition) is 1. The van der Waals surface area contributed by atoms with Gasteiger partial charge in [0.1, 0.15) is 5.78 Å². The van der Waals surface area contributed by atoms with Gasteiger partial charge in [0.2, 0.25) is 5.91 Å². The van der Waals surface area contributed by atoms with Crippen LogP contribution in [0.15, 0.2) is 36.5 Å². The standard InChI is InChI=1S/C24H34N4O2/c1-18-16-25-12-13-28(18)24(30)11-9-22(27(2)3)8-10-23(29)15-21-14-19-6-4-5-7-20(19)17-26-21/h4-7,14,17-18,22,25H,8-13,15-16H2,1-3H3. The Hall–Kier alpha value is -2.31. The average Bonchev–Trinajstić information content (AvgIpc) is 2.73. The summed E-state index contributed by atoms with van der Waals surface area (Å²) in [4.78, 5) is 33.8. The normalized spacial score (nSPS) is 18.0. The van der Waals surface area contributed by atoms with Crippen LogP contribution in [0.25, 0.3) is 10.8 Å². The van der Waals surface area contributed by atoms with Crippen molar-refractivity contribution < 1.29 is 9.59 Å². The summed E-state index contributed by atoms with van der Waals surface area (Å²) in [5.41, 5.74) is 0.822. The number of fused-ring (bicyclic) bond motifs is 1. The van der Waals surface area contributed by atoms with Crippen LogP contribution in [0, 0.1) is 0 Å². The van der Waals surface area contributed by atoms with Crippen molar-refractivity contribution in [2.45, 2.75) is 51.1 Å². The first kappa shape index (κ1) is 22.4. The second-order valence-corrected chi connectivity index (χ2v) is 8.57. The van der Waals surface area contributed by atoms with Gasteiger partial charge in [-0.15, -0.1) is 0 Å². The maximum atomic E-state index is 12.6. The topological polar surface area (TPSA) is 65.5 Å². The molecule has 1 N–H and O–H groups in total. The van der Waals surface area contributed by atoms with Gasteiger partial charge < -0.3 is 15.1 Å². The summed E-state index contributed by atoms with van der Waals surface area (Å²) >= 11 is 0. The summed E-state index contributed by atoms with van der Waals surface area (Å²) in [6.07, 6.45) is 4.79. The number of piperazine rings is 1. The minimum Gasteiger partial charge on any atom is -0.337 e. The molecule has 0 aliphatic carbocycles. The molecule has 6 nitrogen and oxygen atoms in total. The zero-order valence-corrected chi connectivity index (χ0v) is 18.4. The van der Waals surface area contributed by atoms with Crippen molar-refractivity contribution in [3.05, 3.63) is 42.2 Å². The van der Waals surface area contributed by atoms with Gasteiger partial charge in [0, 0.05) is 68.3 Å². The molecular formula is C24H34N4O2. The molecule has 1 saturated heterocycles. The molecule has 0 radical (unpaired) electrons. The molecule has 1 aliphatic rings. The van der Waals surface area contributed by atoms with E-state index in [-0.39, 0.29) is 23.8 Å². The number of ketones is 1. The van der Waals surface area contributed by atoms with E-state index in [1.54, 1.807) is 0 Å². The lowest BCUT2D eigenvalue weighted by Crippen LogP contribution is -2.52. The minimum atomic E-state index is 0.201. The highest BCUT2D eigenvalue weighted by molar-refractivity contribution is 5.84. The van der Waals surface area contributed by atoms with Gasteiger partial charge in [-0.3, -0.25) is 14.6 Å². The molecule has 162 valence electrons. The lowest BCUT2D eigenvalue weighted by Gasteiger charge is -2.34. The van der Waals surface area contributed by atoms with Gasteiger partial charge in [-0.1, -0.05) is 24.3 Å². The first-order chi connectivity index (χ1) is 14.4. The van der Waals surface area contributed by atoms with Crippen LogP contribution in [-0.2, 0) is 16.0 Å². The van der Waals surface area contributed by atoms with Crippen LogP contribution in [0.1, 0.15) is 38.3 Å². The van der Waals surface area contributed by atoms with Crippen LogP contribution >= 0.6 is 0 Å². The monoisotopic (exact) mass is 410 g/mol. The van der Waals surface area contributed by atoms with Gasteiger partial charge in [-0.05, 0) is 45.3 Å². The molecule has 0 saturated carbocycles. The van der Waals surface area contributed by atoms with E-state index < -0.39 is 0 Å². The molecule has 2 unspecified atom stereocenters. The Bertz CT molecular complexity index is 867. The molecule has 2 heterocycles. The van der Waals surface area contributed by atoms with Gasteiger partial charge >= 0.3 is 0 Å². The number of benzene rings is 1. The Labute approximate surface area is 179 Å². The number of carbonyl (C=O) groups excluding carboxylic acids is 2. The molecule has 30 heavy (non-hydrogen) atoms. The number of amides is 1. The van der Waals surface area contributed by atoms with E-state index in [9.17, 15) is 9.59 Å². The van der Waals surface area contributed by atoms with E-state index >= 15 is 0 Å². The Balaban J connectivity index is 1.48. The van der Waals surface area contributed by atoms with Gasteiger partial charge in [0.05, 0.1) is 0 Å². The largest absolute Gasteiger partial charge is 0.337 e. The second-order valence-electron chi connectivity index (χ2n) is 8.57. The minimum absolute atomic E-state index is 0.201. The highest BCUT2D eigenvalue weighted by Crippen LogP contribution is 2.17. The van der Waals surface area contributed by atoms with E-state index in [4.69, 9.17) is 0 Å². The van der Waals surface area contributed by atoms with Crippen molar-refractivity contribution in [3.8, 4) is 0 Å². The van der Waals surface area contributed by atoms with Crippen LogP contribution in [0.4, 0.5) is 0 Å². The predicted molar refractivity (Wildman–Crippen MR) is 120 cm³/mol. The molecule has 1 fully saturated rings. The summed E-state index contributed by atoms with van der Waals surface area (Å²) < 4.78 is 0. The van der Waals surface area contributed by atoms with Crippen molar-refractivity contribution in [1.29, 1.82) is 0 Å². The van der Waals surface area contributed by atoms with Crippen LogP contribution in [0.3, 0.4) is 0 Å². The van der Waals surface area contributed by atoms with Crippen LogP contribution in [0.5, 0.6) is 0 Å². The number of nitrogens with zero attached hydrogens (tertiary/aromatic N) is 3. The fourth-order valence-electron chi connectivity index (χ4n) is 4.15. The zero-order chi connectivity index (χ0) is 21.5. The SMILES string of the molecule is CC1CNCCN1C(=O)CCC(CCC(=O)Cc1cc2ccccc2cn1)N(C)C. The third-order valence-corrected chi connectivity index (χ3v) is 6.07. The number of pyridine rings is 1. The number of nitrogens with one attached hydrogen (secondary N) is 1. The van der Waals surface area contributed by atoms with Crippen molar-refractivity contribution >= 4 is 22.5 Å². The van der Waals surface area contributed by atoms with Crippen LogP contribution < -0.4 is 5.32 Å². The quantitative estimate of drug-likeness (QED) is 0.689. The summed E-state index contributed by atoms with van der Waals surface area (Å²) in [6.45, 7) is 4.60. The fraction of sp³-hybridized carbons (Fsp3) is 0.542. The number of aromatic nitrogens is 1. The Morgan fingerprint density at radius 1 is 1.20 bits per heavy atom. The van der Waals surface area contributed by atoms with Crippen molar-refractivity contribution in [2.75, 3.05) is 33.7 Å². The first-order valence-corrected chi connectivity index (χ1v) is 11.0. The van der Waals surface area contributed by atoms with E-state index in [2.05, 4.69) is 22.1 Å². The smallest absolute Gasteiger partial charge is 0.222 e. The van der Waals surface area contributed by atoms with E-state index in [0.717, 1.165) is 48.9 Å². The molecule has 6 heteroatoms. The Morgan fingerprint density at radius 3 is 2.67 bits per heavy atom. The van der Waals surface area contributed by atoms with E-state index in [1.807, 2.05) is 55.5 Å². The molecule has 1 amide bonds. The molecule has 1 aromatic heterocycles. The number of hydrogen-bond acceptors (Lipinski definition) is 5. The van der Waals surface area contributed by atoms with Crippen LogP contribution in [-0.4, -0.2) is 72.3 Å². The summed E-state index contributed by atoms with van der Waals surface area (Å²) in [5, 5.41) is 5.52. The van der Waals surface area contributed by atoms with Crippen molar-refractivity contribution in [1.82, 2.24) is 20.1 Å². The maximum Gasteiger partial charge on any atom is 0.222 e. The highest BCUT2D eigenvalue weighted by atomic mass is 16.2. The molecule has 1 aromatic carbocycles. The first-order valence-electron chi connectivity index (χ1n) is 11.0. The lowest BCUT2D eigenvalue weighted by atomic mass is 10.00. The van der Waals surface area contributed by atoms with E-state index in [0.29, 0.717) is 19.3 Å². The Kier molecular flexibility index (Phi) is 7.94. The summed E-state index contributed by atoms with van der Waals surface area (Å²) in [5.74, 6) is 0.425. The zero-order valence-electron chi connectivity index (χ0n) is 18.4. The number of Topliss-reactive ketones (excluding diaryl/α,β-unsaturated/α-hetero) is 1. The summed E-state index contributed by atoms with van der Waals surface area (Å²) in [7, 11) is 4.05. The van der Waals surface area contributed by atoms with Gasteiger partial charge in [0.25, 0.3) is 0 Å². The van der Waals surface area contributed by atoms with Gasteiger partial charge in [-0.2, -0.15) is 0 Å². The molecular weight excluding hydrogens is 376 g/mol.